The van der Waals surface area contributed by atoms with Gasteiger partial charge in [0.2, 0.25) is 0 Å². The minimum absolute atomic E-state index is 0.303. The van der Waals surface area contributed by atoms with Gasteiger partial charge >= 0.3 is 11.9 Å². The Morgan fingerprint density at radius 1 is 1.00 bits per heavy atom. The minimum atomic E-state index is -0.829. The number of benzene rings is 2. The fourth-order valence-electron chi connectivity index (χ4n) is 3.88. The highest BCUT2D eigenvalue weighted by atomic mass is 16.6. The number of esters is 2. The van der Waals surface area contributed by atoms with Crippen LogP contribution in [-0.2, 0) is 20.7 Å². The molecule has 4 heteroatoms. The molecule has 2 atom stereocenters. The Kier molecular flexibility index (Phi) is 5.64. The van der Waals surface area contributed by atoms with Crippen LogP contribution >= 0.6 is 0 Å². The zero-order valence-electron chi connectivity index (χ0n) is 16.2. The number of rotatable bonds is 5. The molecule has 2 aromatic carbocycles. The lowest BCUT2D eigenvalue weighted by molar-refractivity contribution is -0.158. The molecule has 0 aromatic heterocycles. The monoisotopic (exact) mass is 366 g/mol. The summed E-state index contributed by atoms with van der Waals surface area (Å²) in [5, 5.41) is 0. The van der Waals surface area contributed by atoms with E-state index in [0.29, 0.717) is 24.8 Å². The van der Waals surface area contributed by atoms with Crippen LogP contribution in [0, 0.1) is 19.3 Å². The first-order valence-electron chi connectivity index (χ1n) is 9.36. The van der Waals surface area contributed by atoms with Crippen molar-refractivity contribution >= 4 is 11.9 Å². The second kappa shape index (κ2) is 7.95. The van der Waals surface area contributed by atoms with Gasteiger partial charge in [-0.15, -0.1) is 0 Å². The fourth-order valence-corrected chi connectivity index (χ4v) is 3.88. The van der Waals surface area contributed by atoms with Crippen LogP contribution in [0.4, 0.5) is 0 Å². The summed E-state index contributed by atoms with van der Waals surface area (Å²) in [5.74, 6) is -0.693. The Bertz CT molecular complexity index is 807. The second-order valence-electron chi connectivity index (χ2n) is 7.46. The summed E-state index contributed by atoms with van der Waals surface area (Å²) in [7, 11) is 1.40. The van der Waals surface area contributed by atoms with Crippen LogP contribution in [0.3, 0.4) is 0 Å². The van der Waals surface area contributed by atoms with Gasteiger partial charge in [0.15, 0.2) is 0 Å². The Hall–Kier alpha value is -2.62. The van der Waals surface area contributed by atoms with Crippen molar-refractivity contribution in [3.8, 4) is 0 Å². The van der Waals surface area contributed by atoms with E-state index in [1.165, 1.54) is 12.7 Å². The highest BCUT2D eigenvalue weighted by Crippen LogP contribution is 2.44. The molecular weight excluding hydrogens is 340 g/mol. The third-order valence-corrected chi connectivity index (χ3v) is 5.47. The molecule has 1 fully saturated rings. The van der Waals surface area contributed by atoms with Gasteiger partial charge in [0.05, 0.1) is 12.7 Å². The van der Waals surface area contributed by atoms with Crippen LogP contribution in [0.2, 0.25) is 0 Å². The molecule has 1 aliphatic rings. The first kappa shape index (κ1) is 19.2. The van der Waals surface area contributed by atoms with E-state index >= 15 is 0 Å². The molecule has 2 unspecified atom stereocenters. The van der Waals surface area contributed by atoms with Crippen LogP contribution in [0.25, 0.3) is 0 Å². The van der Waals surface area contributed by atoms with Crippen molar-refractivity contribution < 1.29 is 19.1 Å². The number of hydrogen-bond acceptors (Lipinski definition) is 4. The van der Waals surface area contributed by atoms with Crippen molar-refractivity contribution in [2.75, 3.05) is 7.11 Å². The molecule has 0 saturated heterocycles. The van der Waals surface area contributed by atoms with Crippen molar-refractivity contribution in [3.63, 3.8) is 0 Å². The lowest BCUT2D eigenvalue weighted by Gasteiger charge is -2.32. The number of hydrogen-bond donors (Lipinski definition) is 0. The molecule has 1 aliphatic carbocycles. The molecule has 142 valence electrons. The van der Waals surface area contributed by atoms with E-state index in [-0.39, 0.29) is 11.9 Å². The third kappa shape index (κ3) is 4.05. The van der Waals surface area contributed by atoms with Crippen molar-refractivity contribution in [2.45, 2.75) is 45.6 Å². The van der Waals surface area contributed by atoms with E-state index in [1.807, 2.05) is 50.2 Å². The SMILES string of the molecule is COC(=O)C1(Cc2ccc(C)cc2)CCCC1OC(=O)c1ccc(C)cc1. The normalized spacial score (nSPS) is 21.7. The molecular formula is C23H26O4. The first-order valence-corrected chi connectivity index (χ1v) is 9.36. The maximum atomic E-state index is 12.8. The average molecular weight is 366 g/mol. The largest absolute Gasteiger partial charge is 0.468 e. The lowest BCUT2D eigenvalue weighted by atomic mass is 9.78. The maximum Gasteiger partial charge on any atom is 0.338 e. The topological polar surface area (TPSA) is 52.6 Å². The van der Waals surface area contributed by atoms with Crippen LogP contribution in [0.15, 0.2) is 48.5 Å². The van der Waals surface area contributed by atoms with Gasteiger partial charge in [-0.3, -0.25) is 4.79 Å². The number of aryl methyl sites for hydroxylation is 2. The maximum absolute atomic E-state index is 12.8. The van der Waals surface area contributed by atoms with E-state index in [2.05, 4.69) is 0 Å². The summed E-state index contributed by atoms with van der Waals surface area (Å²) in [6.45, 7) is 4.00. The summed E-state index contributed by atoms with van der Waals surface area (Å²) >= 11 is 0. The summed E-state index contributed by atoms with van der Waals surface area (Å²) < 4.78 is 11.0. The summed E-state index contributed by atoms with van der Waals surface area (Å²) in [6, 6.07) is 15.4. The van der Waals surface area contributed by atoms with Gasteiger partial charge < -0.3 is 9.47 Å². The van der Waals surface area contributed by atoms with Gasteiger partial charge in [-0.05, 0) is 57.2 Å². The Balaban J connectivity index is 1.85. The van der Waals surface area contributed by atoms with E-state index in [1.54, 1.807) is 12.1 Å². The van der Waals surface area contributed by atoms with Crippen LogP contribution in [-0.4, -0.2) is 25.2 Å². The van der Waals surface area contributed by atoms with Gasteiger partial charge in [0, 0.05) is 0 Å². The van der Waals surface area contributed by atoms with Crippen molar-refractivity contribution in [1.82, 2.24) is 0 Å². The molecule has 3 rings (SSSR count). The van der Waals surface area contributed by atoms with Crippen molar-refractivity contribution in [2.24, 2.45) is 5.41 Å². The van der Waals surface area contributed by atoms with Gasteiger partial charge in [0.1, 0.15) is 11.5 Å². The highest BCUT2D eigenvalue weighted by molar-refractivity contribution is 5.90. The Morgan fingerprint density at radius 2 is 1.59 bits per heavy atom. The average Bonchev–Trinajstić information content (AvgIpc) is 3.06. The van der Waals surface area contributed by atoms with Gasteiger partial charge in [-0.25, -0.2) is 4.79 Å². The predicted octanol–water partition coefficient (Wildman–Crippen LogP) is 4.41. The molecule has 0 amide bonds. The van der Waals surface area contributed by atoms with Gasteiger partial charge in [-0.2, -0.15) is 0 Å². The quantitative estimate of drug-likeness (QED) is 0.735. The van der Waals surface area contributed by atoms with Crippen molar-refractivity contribution in [1.29, 1.82) is 0 Å². The molecule has 0 spiro atoms. The van der Waals surface area contributed by atoms with E-state index in [9.17, 15) is 9.59 Å². The van der Waals surface area contributed by atoms with E-state index in [0.717, 1.165) is 17.5 Å². The van der Waals surface area contributed by atoms with Gasteiger partial charge in [0.25, 0.3) is 0 Å². The third-order valence-electron chi connectivity index (χ3n) is 5.47. The molecule has 2 aromatic rings. The fraction of sp³-hybridized carbons (Fsp3) is 0.391. The summed E-state index contributed by atoms with van der Waals surface area (Å²) in [5.41, 5.74) is 2.96. The summed E-state index contributed by atoms with van der Waals surface area (Å²) in [4.78, 5) is 25.4. The molecule has 1 saturated carbocycles. The van der Waals surface area contributed by atoms with Crippen LogP contribution < -0.4 is 0 Å². The predicted molar refractivity (Wildman–Crippen MR) is 104 cm³/mol. The first-order chi connectivity index (χ1) is 12.9. The lowest BCUT2D eigenvalue weighted by Crippen LogP contribution is -2.43. The Morgan fingerprint density at radius 3 is 2.19 bits per heavy atom. The van der Waals surface area contributed by atoms with E-state index in [4.69, 9.17) is 9.47 Å². The molecule has 4 nitrogen and oxygen atoms in total. The number of carbonyl (C=O) groups excluding carboxylic acids is 2. The molecule has 0 radical (unpaired) electrons. The molecule has 0 heterocycles. The standard InChI is InChI=1S/C23H26O4/c1-16-6-10-18(11-7-16)15-23(22(25)26-3)14-4-5-20(23)27-21(24)19-12-8-17(2)9-13-19/h6-13,20H,4-5,14-15H2,1-3H3. The zero-order chi connectivity index (χ0) is 19.4. The number of ether oxygens (including phenoxy) is 2. The highest BCUT2D eigenvalue weighted by Gasteiger charge is 2.52. The minimum Gasteiger partial charge on any atom is -0.468 e. The second-order valence-corrected chi connectivity index (χ2v) is 7.46. The van der Waals surface area contributed by atoms with Gasteiger partial charge in [-0.1, -0.05) is 47.5 Å². The zero-order valence-corrected chi connectivity index (χ0v) is 16.2. The van der Waals surface area contributed by atoms with E-state index < -0.39 is 11.5 Å². The Labute approximate surface area is 160 Å². The summed E-state index contributed by atoms with van der Waals surface area (Å²) in [6.07, 6.45) is 2.16. The van der Waals surface area contributed by atoms with Crippen LogP contribution in [0.5, 0.6) is 0 Å². The van der Waals surface area contributed by atoms with Crippen LogP contribution in [0.1, 0.15) is 46.3 Å². The number of carbonyl (C=O) groups is 2. The molecule has 27 heavy (non-hydrogen) atoms. The molecule has 0 aliphatic heterocycles. The molecule has 0 N–H and O–H groups in total. The smallest absolute Gasteiger partial charge is 0.338 e. The molecule has 0 bridgehead atoms. The van der Waals surface area contributed by atoms with Crippen molar-refractivity contribution in [3.05, 3.63) is 70.8 Å². The number of methoxy groups -OCH3 is 1.